The largest absolute Gasteiger partial charge is 0.378 e. The van der Waals surface area contributed by atoms with Gasteiger partial charge in [0, 0.05) is 10.4 Å². The van der Waals surface area contributed by atoms with E-state index in [0.717, 1.165) is 11.3 Å². The third-order valence-corrected chi connectivity index (χ3v) is 5.57. The molecule has 1 atom stereocenters. The maximum atomic E-state index is 6.28. The number of anilines is 1. The maximum Gasteiger partial charge on any atom is 0.0782 e. The molecule has 1 N–H and O–H groups in total. The summed E-state index contributed by atoms with van der Waals surface area (Å²) in [5, 5.41) is 8.14. The van der Waals surface area contributed by atoms with Crippen molar-refractivity contribution >= 4 is 61.9 Å². The molecule has 0 fully saturated rings. The molecular formula is C16H12Cl3NS. The van der Waals surface area contributed by atoms with E-state index in [1.165, 1.54) is 10.1 Å². The SMILES string of the molecule is CC(Nc1ccc2sccc2c1)c1ccc(Cl)c(Cl)c1Cl. The Hall–Kier alpha value is -0.930. The lowest BCUT2D eigenvalue weighted by Crippen LogP contribution is -2.07. The fourth-order valence-electron chi connectivity index (χ4n) is 2.26. The number of rotatable bonds is 3. The molecule has 0 aliphatic heterocycles. The second kappa shape index (κ2) is 6.05. The molecule has 0 saturated carbocycles. The molecule has 0 aliphatic carbocycles. The first kappa shape index (κ1) is 15.0. The third-order valence-electron chi connectivity index (χ3n) is 3.37. The highest BCUT2D eigenvalue weighted by Crippen LogP contribution is 2.36. The van der Waals surface area contributed by atoms with Gasteiger partial charge in [0.05, 0.1) is 21.1 Å². The van der Waals surface area contributed by atoms with Gasteiger partial charge in [0.1, 0.15) is 0 Å². The Labute approximate surface area is 142 Å². The van der Waals surface area contributed by atoms with Crippen molar-refractivity contribution in [1.29, 1.82) is 0 Å². The van der Waals surface area contributed by atoms with Gasteiger partial charge in [0.25, 0.3) is 0 Å². The van der Waals surface area contributed by atoms with Gasteiger partial charge in [-0.15, -0.1) is 11.3 Å². The molecule has 0 bridgehead atoms. The van der Waals surface area contributed by atoms with Gasteiger partial charge in [-0.3, -0.25) is 0 Å². The molecule has 0 saturated heterocycles. The molecule has 1 heterocycles. The van der Waals surface area contributed by atoms with E-state index in [0.29, 0.717) is 15.1 Å². The fraction of sp³-hybridized carbons (Fsp3) is 0.125. The van der Waals surface area contributed by atoms with Crippen molar-refractivity contribution in [1.82, 2.24) is 0 Å². The maximum absolute atomic E-state index is 6.28. The van der Waals surface area contributed by atoms with Crippen LogP contribution in [0.4, 0.5) is 5.69 Å². The van der Waals surface area contributed by atoms with Gasteiger partial charge in [0.15, 0.2) is 0 Å². The predicted molar refractivity (Wildman–Crippen MR) is 95.3 cm³/mol. The lowest BCUT2D eigenvalue weighted by molar-refractivity contribution is 0.886. The van der Waals surface area contributed by atoms with Gasteiger partial charge in [-0.1, -0.05) is 40.9 Å². The Kier molecular flexibility index (Phi) is 4.32. The zero-order valence-corrected chi connectivity index (χ0v) is 14.2. The standard InChI is InChI=1S/C16H12Cl3NS/c1-9(12-3-4-13(17)16(19)15(12)18)20-11-2-5-14-10(8-11)6-7-21-14/h2-9,20H,1H3. The van der Waals surface area contributed by atoms with Gasteiger partial charge in [-0.25, -0.2) is 0 Å². The molecule has 2 aromatic carbocycles. The van der Waals surface area contributed by atoms with E-state index in [4.69, 9.17) is 34.8 Å². The van der Waals surface area contributed by atoms with Crippen LogP contribution in [-0.2, 0) is 0 Å². The Bertz CT molecular complexity index is 797. The molecule has 5 heteroatoms. The van der Waals surface area contributed by atoms with Crippen molar-refractivity contribution in [2.24, 2.45) is 0 Å². The first-order chi connectivity index (χ1) is 10.1. The lowest BCUT2D eigenvalue weighted by Gasteiger charge is -2.18. The van der Waals surface area contributed by atoms with Gasteiger partial charge in [-0.05, 0) is 53.6 Å². The summed E-state index contributed by atoms with van der Waals surface area (Å²) in [5.74, 6) is 0. The molecule has 3 rings (SSSR count). The van der Waals surface area contributed by atoms with E-state index in [1.54, 1.807) is 17.4 Å². The second-order valence-electron chi connectivity index (χ2n) is 4.80. The summed E-state index contributed by atoms with van der Waals surface area (Å²) in [6, 6.07) is 12.1. The molecule has 0 radical (unpaired) electrons. The molecule has 1 aromatic heterocycles. The second-order valence-corrected chi connectivity index (χ2v) is 6.91. The number of hydrogen-bond donors (Lipinski definition) is 1. The monoisotopic (exact) mass is 355 g/mol. The minimum absolute atomic E-state index is 0.0309. The zero-order chi connectivity index (χ0) is 15.0. The molecule has 3 aromatic rings. The number of fused-ring (bicyclic) bond motifs is 1. The van der Waals surface area contributed by atoms with Crippen LogP contribution in [0.1, 0.15) is 18.5 Å². The number of nitrogens with one attached hydrogen (secondary N) is 1. The number of halogens is 3. The topological polar surface area (TPSA) is 12.0 Å². The first-order valence-corrected chi connectivity index (χ1v) is 8.45. The highest BCUT2D eigenvalue weighted by molar-refractivity contribution is 7.17. The quantitative estimate of drug-likeness (QED) is 0.496. The lowest BCUT2D eigenvalue weighted by atomic mass is 10.1. The van der Waals surface area contributed by atoms with Crippen LogP contribution in [0, 0.1) is 0 Å². The van der Waals surface area contributed by atoms with Crippen molar-refractivity contribution in [2.75, 3.05) is 5.32 Å². The van der Waals surface area contributed by atoms with E-state index in [-0.39, 0.29) is 6.04 Å². The summed E-state index contributed by atoms with van der Waals surface area (Å²) in [4.78, 5) is 0. The first-order valence-electron chi connectivity index (χ1n) is 6.43. The molecule has 0 aliphatic rings. The van der Waals surface area contributed by atoms with Crippen LogP contribution >= 0.6 is 46.1 Å². The molecular weight excluding hydrogens is 345 g/mol. The Morgan fingerprint density at radius 3 is 2.62 bits per heavy atom. The van der Waals surface area contributed by atoms with Crippen LogP contribution in [0.5, 0.6) is 0 Å². The van der Waals surface area contributed by atoms with Gasteiger partial charge >= 0.3 is 0 Å². The molecule has 108 valence electrons. The molecule has 0 spiro atoms. The average Bonchev–Trinajstić information content (AvgIpc) is 2.92. The molecule has 21 heavy (non-hydrogen) atoms. The van der Waals surface area contributed by atoms with E-state index in [9.17, 15) is 0 Å². The normalized spacial score (nSPS) is 12.6. The van der Waals surface area contributed by atoms with E-state index in [2.05, 4.69) is 35.0 Å². The highest BCUT2D eigenvalue weighted by Gasteiger charge is 2.14. The Balaban J connectivity index is 1.88. The van der Waals surface area contributed by atoms with Crippen molar-refractivity contribution in [3.63, 3.8) is 0 Å². The van der Waals surface area contributed by atoms with Crippen molar-refractivity contribution in [2.45, 2.75) is 13.0 Å². The van der Waals surface area contributed by atoms with Gasteiger partial charge in [0.2, 0.25) is 0 Å². The van der Waals surface area contributed by atoms with E-state index < -0.39 is 0 Å². The zero-order valence-electron chi connectivity index (χ0n) is 11.2. The summed E-state index contributed by atoms with van der Waals surface area (Å²) >= 11 is 20.1. The average molecular weight is 357 g/mol. The van der Waals surface area contributed by atoms with Crippen LogP contribution in [0.25, 0.3) is 10.1 Å². The summed E-state index contributed by atoms with van der Waals surface area (Å²) in [5.41, 5.74) is 1.98. The highest BCUT2D eigenvalue weighted by atomic mass is 35.5. The third kappa shape index (κ3) is 3.00. The molecule has 1 unspecified atom stereocenters. The number of hydrogen-bond acceptors (Lipinski definition) is 2. The summed E-state index contributed by atoms with van der Waals surface area (Å²) in [6.07, 6.45) is 0. The Morgan fingerprint density at radius 1 is 1.00 bits per heavy atom. The van der Waals surface area contributed by atoms with Gasteiger partial charge in [-0.2, -0.15) is 0 Å². The van der Waals surface area contributed by atoms with Crippen LogP contribution < -0.4 is 5.32 Å². The van der Waals surface area contributed by atoms with Crippen molar-refractivity contribution in [3.05, 3.63) is 62.4 Å². The van der Waals surface area contributed by atoms with Crippen LogP contribution in [0.3, 0.4) is 0 Å². The number of thiophene rings is 1. The molecule has 1 nitrogen and oxygen atoms in total. The molecule has 0 amide bonds. The van der Waals surface area contributed by atoms with Gasteiger partial charge < -0.3 is 5.32 Å². The summed E-state index contributed by atoms with van der Waals surface area (Å²) < 4.78 is 1.28. The van der Waals surface area contributed by atoms with Crippen molar-refractivity contribution < 1.29 is 0 Å². The minimum atomic E-state index is 0.0309. The van der Waals surface area contributed by atoms with Crippen LogP contribution in [0.15, 0.2) is 41.8 Å². The van der Waals surface area contributed by atoms with Crippen LogP contribution in [-0.4, -0.2) is 0 Å². The predicted octanol–water partition coefficient (Wildman–Crippen LogP) is 7.03. The van der Waals surface area contributed by atoms with E-state index >= 15 is 0 Å². The number of benzene rings is 2. The fourth-order valence-corrected chi connectivity index (χ4v) is 3.74. The summed E-state index contributed by atoms with van der Waals surface area (Å²) in [7, 11) is 0. The smallest absolute Gasteiger partial charge is 0.0782 e. The van der Waals surface area contributed by atoms with Crippen molar-refractivity contribution in [3.8, 4) is 0 Å². The van der Waals surface area contributed by atoms with Crippen LogP contribution in [0.2, 0.25) is 15.1 Å². The Morgan fingerprint density at radius 2 is 1.81 bits per heavy atom. The minimum Gasteiger partial charge on any atom is -0.378 e. The summed E-state index contributed by atoms with van der Waals surface area (Å²) in [6.45, 7) is 2.04. The van der Waals surface area contributed by atoms with E-state index in [1.807, 2.05) is 13.0 Å².